The molecule has 0 aromatic heterocycles. The van der Waals surface area contributed by atoms with E-state index >= 15 is 0 Å². The van der Waals surface area contributed by atoms with Crippen molar-refractivity contribution < 1.29 is 19.4 Å². The van der Waals surface area contributed by atoms with E-state index < -0.39 is 5.97 Å². The van der Waals surface area contributed by atoms with Gasteiger partial charge in [-0.15, -0.1) is 0 Å². The summed E-state index contributed by atoms with van der Waals surface area (Å²) in [4.78, 5) is 28.9. The molecule has 2 aromatic rings. The number of benzene rings is 2. The predicted molar refractivity (Wildman–Crippen MR) is 111 cm³/mol. The number of aliphatic hydroxyl groups excluding tert-OH is 1. The number of anilines is 1. The molecule has 29 heavy (non-hydrogen) atoms. The van der Waals surface area contributed by atoms with Crippen molar-refractivity contribution in [1.82, 2.24) is 9.80 Å². The molecule has 0 spiro atoms. The van der Waals surface area contributed by atoms with E-state index in [4.69, 9.17) is 9.84 Å². The molecule has 7 heteroatoms. The molecule has 1 aliphatic rings. The number of carbonyl (C=O) groups excluding carboxylic acids is 2. The lowest BCUT2D eigenvalue weighted by atomic mass is 10.2. The van der Waals surface area contributed by atoms with Crippen LogP contribution < -0.4 is 5.32 Å². The summed E-state index contributed by atoms with van der Waals surface area (Å²) in [7, 11) is 0. The lowest BCUT2D eigenvalue weighted by molar-refractivity contribution is -0.136. The molecule has 0 bridgehead atoms. The first kappa shape index (κ1) is 20.8. The molecule has 2 aromatic carbocycles. The van der Waals surface area contributed by atoms with Crippen LogP contribution in [0.2, 0.25) is 0 Å². The highest BCUT2D eigenvalue weighted by molar-refractivity contribution is 5.96. The van der Waals surface area contributed by atoms with Crippen LogP contribution in [0, 0.1) is 0 Å². The van der Waals surface area contributed by atoms with Gasteiger partial charge in [0, 0.05) is 45.0 Å². The first-order chi connectivity index (χ1) is 14.2. The minimum atomic E-state index is -0.554. The zero-order valence-corrected chi connectivity index (χ0v) is 16.4. The average molecular weight is 397 g/mol. The highest BCUT2D eigenvalue weighted by atomic mass is 16.5. The molecule has 1 amide bonds. The second kappa shape index (κ2) is 10.6. The fourth-order valence-corrected chi connectivity index (χ4v) is 3.30. The molecule has 1 aliphatic heterocycles. The summed E-state index contributed by atoms with van der Waals surface area (Å²) in [6, 6.07) is 17.2. The molecule has 1 saturated heterocycles. The Morgan fingerprint density at radius 3 is 2.38 bits per heavy atom. The Kier molecular flexibility index (Phi) is 7.61. The second-order valence-electron chi connectivity index (χ2n) is 6.91. The van der Waals surface area contributed by atoms with E-state index in [0.717, 1.165) is 19.6 Å². The number of ether oxygens (including phenoxy) is 1. The van der Waals surface area contributed by atoms with Crippen LogP contribution in [0.1, 0.15) is 15.9 Å². The van der Waals surface area contributed by atoms with Crippen molar-refractivity contribution in [2.24, 2.45) is 0 Å². The molecule has 2 N–H and O–H groups in total. The normalized spacial score (nSPS) is 14.4. The number of aliphatic hydroxyl groups is 1. The number of hydrogen-bond acceptors (Lipinski definition) is 6. The molecule has 1 fully saturated rings. The van der Waals surface area contributed by atoms with Crippen LogP contribution in [0.4, 0.5) is 5.69 Å². The molecular formula is C22H27N3O4. The number of nitrogens with zero attached hydrogens (tertiary/aromatic N) is 2. The van der Waals surface area contributed by atoms with Gasteiger partial charge in [-0.25, -0.2) is 4.79 Å². The Morgan fingerprint density at radius 1 is 0.966 bits per heavy atom. The molecule has 0 saturated carbocycles. The molecular weight excluding hydrogens is 370 g/mol. The largest absolute Gasteiger partial charge is 0.452 e. The second-order valence-corrected chi connectivity index (χ2v) is 6.91. The number of rotatable bonds is 8. The highest BCUT2D eigenvalue weighted by Gasteiger charge is 2.22. The number of nitrogens with one attached hydrogen (secondary N) is 1. The van der Waals surface area contributed by atoms with Crippen LogP contribution in [0.3, 0.4) is 0 Å². The van der Waals surface area contributed by atoms with Crippen LogP contribution in [0.5, 0.6) is 0 Å². The van der Waals surface area contributed by atoms with Crippen LogP contribution in [0.25, 0.3) is 0 Å². The van der Waals surface area contributed by atoms with Gasteiger partial charge in [-0.1, -0.05) is 42.5 Å². The zero-order valence-electron chi connectivity index (χ0n) is 16.4. The third-order valence-electron chi connectivity index (χ3n) is 4.87. The van der Waals surface area contributed by atoms with E-state index in [1.807, 2.05) is 18.2 Å². The monoisotopic (exact) mass is 397 g/mol. The molecule has 0 unspecified atom stereocenters. The van der Waals surface area contributed by atoms with Gasteiger partial charge in [0.2, 0.25) is 0 Å². The number of piperazine rings is 1. The minimum Gasteiger partial charge on any atom is -0.452 e. The number of hydrogen-bond donors (Lipinski definition) is 2. The third kappa shape index (κ3) is 6.04. The zero-order chi connectivity index (χ0) is 20.5. The van der Waals surface area contributed by atoms with Gasteiger partial charge in [0.1, 0.15) is 0 Å². The fraction of sp³-hybridized carbons (Fsp3) is 0.364. The van der Waals surface area contributed by atoms with Crippen LogP contribution >= 0.6 is 0 Å². The Hall–Kier alpha value is -2.90. The first-order valence-electron chi connectivity index (χ1n) is 9.82. The summed E-state index contributed by atoms with van der Waals surface area (Å²) in [5.41, 5.74) is 2.18. The van der Waals surface area contributed by atoms with E-state index in [1.165, 1.54) is 5.56 Å². The van der Waals surface area contributed by atoms with Crippen molar-refractivity contribution in [3.8, 4) is 0 Å². The summed E-state index contributed by atoms with van der Waals surface area (Å²) >= 11 is 0. The lowest BCUT2D eigenvalue weighted by Gasteiger charge is -2.34. The van der Waals surface area contributed by atoms with Crippen molar-refractivity contribution in [2.45, 2.75) is 6.54 Å². The van der Waals surface area contributed by atoms with Crippen LogP contribution in [0.15, 0.2) is 54.6 Å². The maximum Gasteiger partial charge on any atom is 0.340 e. The summed E-state index contributed by atoms with van der Waals surface area (Å²) in [6.45, 7) is 3.72. The number of amides is 1. The quantitative estimate of drug-likeness (QED) is 0.659. The Labute approximate surface area is 170 Å². The van der Waals surface area contributed by atoms with Gasteiger partial charge in [-0.05, 0) is 17.7 Å². The maximum atomic E-state index is 12.4. The van der Waals surface area contributed by atoms with Crippen molar-refractivity contribution in [3.05, 3.63) is 65.7 Å². The van der Waals surface area contributed by atoms with E-state index in [0.29, 0.717) is 30.9 Å². The minimum absolute atomic E-state index is 0.0435. The van der Waals surface area contributed by atoms with Crippen molar-refractivity contribution >= 4 is 17.6 Å². The van der Waals surface area contributed by atoms with E-state index in [1.54, 1.807) is 29.2 Å². The molecule has 1 heterocycles. The van der Waals surface area contributed by atoms with Gasteiger partial charge in [-0.2, -0.15) is 0 Å². The summed E-state index contributed by atoms with van der Waals surface area (Å²) in [5.74, 6) is -0.736. The SMILES string of the molecule is O=C(OCC(=O)N1CCN(Cc2ccccc2)CC1)c1ccccc1NCCO. The van der Waals surface area contributed by atoms with E-state index in [2.05, 4.69) is 22.3 Å². The van der Waals surface area contributed by atoms with Crippen LogP contribution in [-0.2, 0) is 16.1 Å². The van der Waals surface area contributed by atoms with Gasteiger partial charge >= 0.3 is 5.97 Å². The molecule has 7 nitrogen and oxygen atoms in total. The third-order valence-corrected chi connectivity index (χ3v) is 4.87. The predicted octanol–water partition coefficient (Wildman–Crippen LogP) is 1.59. The molecule has 154 valence electrons. The van der Waals surface area contributed by atoms with Crippen LogP contribution in [-0.4, -0.2) is 72.7 Å². The topological polar surface area (TPSA) is 82.1 Å². The summed E-state index contributed by atoms with van der Waals surface area (Å²) < 4.78 is 5.24. The highest BCUT2D eigenvalue weighted by Crippen LogP contribution is 2.16. The van der Waals surface area contributed by atoms with E-state index in [9.17, 15) is 9.59 Å². The number of carbonyl (C=O) groups is 2. The average Bonchev–Trinajstić information content (AvgIpc) is 2.77. The van der Waals surface area contributed by atoms with Gasteiger partial charge in [0.15, 0.2) is 6.61 Å². The number of esters is 1. The maximum absolute atomic E-state index is 12.4. The fourth-order valence-electron chi connectivity index (χ4n) is 3.30. The van der Waals surface area contributed by atoms with Crippen molar-refractivity contribution in [2.75, 3.05) is 51.3 Å². The Bertz CT molecular complexity index is 805. The van der Waals surface area contributed by atoms with Gasteiger partial charge < -0.3 is 20.1 Å². The summed E-state index contributed by atoms with van der Waals surface area (Å²) in [6.07, 6.45) is 0. The summed E-state index contributed by atoms with van der Waals surface area (Å²) in [5, 5.41) is 11.9. The van der Waals surface area contributed by atoms with Gasteiger partial charge in [-0.3, -0.25) is 9.69 Å². The van der Waals surface area contributed by atoms with Gasteiger partial charge in [0.05, 0.1) is 12.2 Å². The molecule has 0 atom stereocenters. The Balaban J connectivity index is 1.45. The van der Waals surface area contributed by atoms with Gasteiger partial charge in [0.25, 0.3) is 5.91 Å². The van der Waals surface area contributed by atoms with Crippen molar-refractivity contribution in [1.29, 1.82) is 0 Å². The molecule has 3 rings (SSSR count). The molecule has 0 aliphatic carbocycles. The lowest BCUT2D eigenvalue weighted by Crippen LogP contribution is -2.49. The smallest absolute Gasteiger partial charge is 0.340 e. The van der Waals surface area contributed by atoms with Crippen molar-refractivity contribution in [3.63, 3.8) is 0 Å². The first-order valence-corrected chi connectivity index (χ1v) is 9.82. The van der Waals surface area contributed by atoms with E-state index in [-0.39, 0.29) is 19.1 Å². The Morgan fingerprint density at radius 2 is 1.66 bits per heavy atom. The number of para-hydroxylation sites is 1. The molecule has 0 radical (unpaired) electrons. The standard InChI is InChI=1S/C22H27N3O4/c26-15-10-23-20-9-5-4-8-19(20)22(28)29-17-21(27)25-13-11-24(12-14-25)16-18-6-2-1-3-7-18/h1-9,23,26H,10-17H2.